The van der Waals surface area contributed by atoms with Gasteiger partial charge in [0.2, 0.25) is 0 Å². The molecule has 0 amide bonds. The van der Waals surface area contributed by atoms with Crippen molar-refractivity contribution in [3.63, 3.8) is 0 Å². The first-order valence-electron chi connectivity index (χ1n) is 11.8. The molecule has 0 aromatic heterocycles. The van der Waals surface area contributed by atoms with Gasteiger partial charge in [-0.25, -0.2) is 0 Å². The molecule has 0 rings (SSSR count). The van der Waals surface area contributed by atoms with Crippen LogP contribution in [0.25, 0.3) is 0 Å². The number of carbonyl (C=O) groups is 4. The number of hydrogen-bond donors (Lipinski definition) is 0. The summed E-state index contributed by atoms with van der Waals surface area (Å²) < 4.78 is 21.5. The van der Waals surface area contributed by atoms with Crippen LogP contribution in [-0.4, -0.2) is 68.7 Å². The van der Waals surface area contributed by atoms with Crippen molar-refractivity contribution in [2.75, 3.05) is 28.4 Å². The van der Waals surface area contributed by atoms with Crippen molar-refractivity contribution in [2.24, 2.45) is 23.7 Å². The third kappa shape index (κ3) is 10.9. The first-order valence-corrected chi connectivity index (χ1v) is 16.6. The van der Waals surface area contributed by atoms with Crippen LogP contribution >= 0.6 is 0 Å². The second-order valence-electron chi connectivity index (χ2n) is 9.94. The second kappa shape index (κ2) is 17.2. The van der Waals surface area contributed by atoms with Crippen LogP contribution in [0.15, 0.2) is 0 Å². The molecule has 8 nitrogen and oxygen atoms in total. The van der Waals surface area contributed by atoms with Gasteiger partial charge in [0.15, 0.2) is 0 Å². The van der Waals surface area contributed by atoms with Gasteiger partial charge in [0.05, 0.1) is 0 Å². The van der Waals surface area contributed by atoms with E-state index in [1.165, 1.54) is 28.4 Å². The van der Waals surface area contributed by atoms with E-state index in [0.717, 1.165) is 0 Å². The second-order valence-corrected chi connectivity index (χ2v) is 16.8. The van der Waals surface area contributed by atoms with E-state index in [2.05, 4.69) is 0 Å². The van der Waals surface area contributed by atoms with Crippen LogP contribution in [0.3, 0.4) is 0 Å². The average molecular weight is 716 g/mol. The van der Waals surface area contributed by atoms with E-state index in [1.54, 1.807) is 68.5 Å². The smallest absolute Gasteiger partial charge is 0.397 e. The van der Waals surface area contributed by atoms with E-state index in [1.807, 2.05) is 0 Å². The summed E-state index contributed by atoms with van der Waals surface area (Å²) in [4.78, 5) is 48.8. The summed E-state index contributed by atoms with van der Waals surface area (Å²) in [5, 5.41) is 0. The molecule has 0 unspecified atom stereocenters. The minimum absolute atomic E-state index is 0. The Hall–Kier alpha value is -0.358. The van der Waals surface area contributed by atoms with Crippen LogP contribution in [0.4, 0.5) is 0 Å². The Morgan fingerprint density at radius 1 is 0.457 bits per heavy atom. The van der Waals surface area contributed by atoms with Crippen LogP contribution in [0, 0.1) is 23.7 Å². The average Bonchev–Trinajstić information content (AvgIpc) is 2.78. The fourth-order valence-electron chi connectivity index (χ4n) is 3.29. The molecular formula is C24H48O8PtSi2+2. The molecule has 0 atom stereocenters. The molecule has 35 heavy (non-hydrogen) atoms. The van der Waals surface area contributed by atoms with Gasteiger partial charge in [-0.1, -0.05) is 55.4 Å². The quantitative estimate of drug-likeness (QED) is 0.193. The molecular weight excluding hydrogens is 668 g/mol. The monoisotopic (exact) mass is 715 g/mol. The molecule has 0 aliphatic heterocycles. The van der Waals surface area contributed by atoms with E-state index in [0.29, 0.717) is 0 Å². The summed E-state index contributed by atoms with van der Waals surface area (Å²) >= 11 is 0. The molecule has 0 aromatic carbocycles. The van der Waals surface area contributed by atoms with E-state index in [4.69, 9.17) is 17.7 Å². The summed E-state index contributed by atoms with van der Waals surface area (Å²) in [6, 6.07) is 0. The SMILES string of the molecule is CO[Si](C)(OC)C(C(=O)C(C)C)C(=O)C(C)C.CO[Si](C)(OC)C(C(=O)C(C)C)C(=O)C(C)C.[Pt+2]. The van der Waals surface area contributed by atoms with Crippen LogP contribution < -0.4 is 0 Å². The van der Waals surface area contributed by atoms with Gasteiger partial charge in [-0.15, -0.1) is 0 Å². The molecule has 0 aromatic rings. The number of Topliss-reactive ketones (excluding diaryl/α,β-unsaturated/α-hetero) is 4. The molecule has 0 bridgehead atoms. The fraction of sp³-hybridized carbons (Fsp3) is 0.833. The van der Waals surface area contributed by atoms with Gasteiger partial charge in [0.25, 0.3) is 0 Å². The van der Waals surface area contributed by atoms with Gasteiger partial charge in [0.1, 0.15) is 34.2 Å². The zero-order valence-corrected chi connectivity index (χ0v) is 28.3. The van der Waals surface area contributed by atoms with Crippen LogP contribution in [0.2, 0.25) is 24.2 Å². The summed E-state index contributed by atoms with van der Waals surface area (Å²) in [6.45, 7) is 17.9. The Kier molecular flexibility index (Phi) is 19.3. The van der Waals surface area contributed by atoms with Crippen molar-refractivity contribution in [3.05, 3.63) is 0 Å². The van der Waals surface area contributed by atoms with Gasteiger partial charge in [-0.3, -0.25) is 19.2 Å². The molecule has 0 saturated heterocycles. The Labute approximate surface area is 229 Å². The van der Waals surface area contributed by atoms with Crippen molar-refractivity contribution in [3.8, 4) is 0 Å². The third-order valence-electron chi connectivity index (χ3n) is 6.08. The van der Waals surface area contributed by atoms with E-state index in [-0.39, 0.29) is 67.9 Å². The largest absolute Gasteiger partial charge is 2.00 e. The predicted octanol–water partition coefficient (Wildman–Crippen LogP) is 4.34. The van der Waals surface area contributed by atoms with E-state index in [9.17, 15) is 19.2 Å². The third-order valence-corrected chi connectivity index (χ3v) is 12.6. The van der Waals surface area contributed by atoms with Crippen LogP contribution in [0.1, 0.15) is 55.4 Å². The summed E-state index contributed by atoms with van der Waals surface area (Å²) in [5.74, 6) is -1.11. The molecule has 0 aliphatic rings. The fourth-order valence-corrected chi connectivity index (χ4v) is 7.96. The Morgan fingerprint density at radius 2 is 0.600 bits per heavy atom. The molecule has 0 saturated carbocycles. The Bertz CT molecular complexity index is 589. The van der Waals surface area contributed by atoms with Gasteiger partial charge in [-0.2, -0.15) is 0 Å². The molecule has 11 heteroatoms. The number of ketones is 4. The van der Waals surface area contributed by atoms with Crippen LogP contribution in [0.5, 0.6) is 0 Å². The minimum Gasteiger partial charge on any atom is -0.397 e. The zero-order valence-electron chi connectivity index (χ0n) is 24.0. The predicted molar refractivity (Wildman–Crippen MR) is 138 cm³/mol. The zero-order chi connectivity index (χ0) is 27.6. The van der Waals surface area contributed by atoms with Crippen molar-refractivity contribution >= 4 is 40.3 Å². The van der Waals surface area contributed by atoms with Crippen molar-refractivity contribution in [2.45, 2.75) is 79.6 Å². The summed E-state index contributed by atoms with van der Waals surface area (Å²) in [7, 11) is 0.460. The molecule has 0 fully saturated rings. The minimum atomic E-state index is -2.78. The standard InChI is InChI=1S/2C12H24O4Si.Pt/c2*1-8(2)10(13)12(11(14)9(3)4)17(7,15-5)16-6;/h2*8-9,12H,1-7H3;/q;;+2. The number of carbonyl (C=O) groups excluding carboxylic acids is 4. The maximum atomic E-state index is 12.2. The maximum Gasteiger partial charge on any atom is 2.00 e. The topological polar surface area (TPSA) is 105 Å². The normalized spacial score (nSPS) is 12.2. The Morgan fingerprint density at radius 3 is 0.686 bits per heavy atom. The van der Waals surface area contributed by atoms with Gasteiger partial charge < -0.3 is 17.7 Å². The van der Waals surface area contributed by atoms with Gasteiger partial charge in [-0.05, 0) is 13.1 Å². The number of hydrogen-bond acceptors (Lipinski definition) is 8. The van der Waals surface area contributed by atoms with E-state index >= 15 is 0 Å². The first-order chi connectivity index (χ1) is 15.4. The molecule has 0 radical (unpaired) electrons. The Balaban J connectivity index is -0.000000569. The van der Waals surface area contributed by atoms with Gasteiger partial charge >= 0.3 is 38.2 Å². The van der Waals surface area contributed by atoms with Crippen molar-refractivity contribution in [1.29, 1.82) is 0 Å². The number of rotatable bonds is 14. The maximum absolute atomic E-state index is 12.2. The molecule has 0 aliphatic carbocycles. The van der Waals surface area contributed by atoms with Crippen molar-refractivity contribution in [1.82, 2.24) is 0 Å². The van der Waals surface area contributed by atoms with Gasteiger partial charge in [0, 0.05) is 52.1 Å². The molecule has 0 N–H and O–H groups in total. The molecule has 0 heterocycles. The summed E-state index contributed by atoms with van der Waals surface area (Å²) in [6.07, 6.45) is 0. The van der Waals surface area contributed by atoms with Crippen LogP contribution in [-0.2, 0) is 57.9 Å². The molecule has 208 valence electrons. The molecule has 0 spiro atoms. The first kappa shape index (κ1) is 39.2. The van der Waals surface area contributed by atoms with E-state index < -0.39 is 28.2 Å². The summed E-state index contributed by atoms with van der Waals surface area (Å²) in [5.41, 5.74) is -1.48. The van der Waals surface area contributed by atoms with Crippen molar-refractivity contribution < 1.29 is 57.9 Å².